The number of aryl methyl sites for hydroxylation is 2. The van der Waals surface area contributed by atoms with Crippen LogP contribution in [-0.4, -0.2) is 23.1 Å². The normalized spacial score (nSPS) is 12.0. The first kappa shape index (κ1) is 20.6. The Morgan fingerprint density at radius 3 is 2.55 bits per heavy atom. The number of anilines is 1. The van der Waals surface area contributed by atoms with Gasteiger partial charge in [-0.1, -0.05) is 12.1 Å². The van der Waals surface area contributed by atoms with Crippen molar-refractivity contribution >= 4 is 28.6 Å². The van der Waals surface area contributed by atoms with Crippen molar-refractivity contribution in [2.45, 2.75) is 47.2 Å². The molecule has 0 unspecified atom stereocenters. The van der Waals surface area contributed by atoms with Gasteiger partial charge in [0.25, 0.3) is 11.7 Å². The zero-order chi connectivity index (χ0) is 21.1. The molecule has 1 amide bonds. The average Bonchev–Trinajstić information content (AvgIpc) is 2.97. The Hall–Kier alpha value is -3.15. The summed E-state index contributed by atoms with van der Waals surface area (Å²) >= 11 is 0. The van der Waals surface area contributed by atoms with Gasteiger partial charge >= 0.3 is 5.97 Å². The minimum atomic E-state index is -0.455. The lowest BCUT2D eigenvalue weighted by molar-refractivity contribution is -0.675. The molecule has 29 heavy (non-hydrogen) atoms. The number of hydrogen-bond acceptors (Lipinski definition) is 3. The highest BCUT2D eigenvalue weighted by Gasteiger charge is 2.30. The molecule has 3 rings (SSSR count). The van der Waals surface area contributed by atoms with E-state index in [1.807, 2.05) is 61.7 Å². The molecule has 6 nitrogen and oxygen atoms in total. The Morgan fingerprint density at radius 2 is 1.90 bits per heavy atom. The fourth-order valence-corrected chi connectivity index (χ4v) is 3.74. The summed E-state index contributed by atoms with van der Waals surface area (Å²) in [5.74, 6) is 0.482. The lowest BCUT2D eigenvalue weighted by Crippen LogP contribution is -2.36. The average molecular weight is 394 g/mol. The highest BCUT2D eigenvalue weighted by atomic mass is 16.5. The molecular weight excluding hydrogens is 366 g/mol. The number of hydrogen-bond donors (Lipinski definition) is 1. The summed E-state index contributed by atoms with van der Waals surface area (Å²) in [6.45, 7) is 10.8. The van der Waals surface area contributed by atoms with Gasteiger partial charge in [-0.3, -0.25) is 4.79 Å². The number of rotatable bonds is 6. The number of aromatic nitrogens is 2. The van der Waals surface area contributed by atoms with Crippen LogP contribution in [-0.2, 0) is 16.1 Å². The van der Waals surface area contributed by atoms with Crippen LogP contribution in [0.25, 0.3) is 11.0 Å². The van der Waals surface area contributed by atoms with E-state index in [2.05, 4.69) is 16.8 Å². The minimum absolute atomic E-state index is 0.111. The summed E-state index contributed by atoms with van der Waals surface area (Å²) in [4.78, 5) is 25.2. The van der Waals surface area contributed by atoms with E-state index in [4.69, 9.17) is 4.74 Å². The summed E-state index contributed by atoms with van der Waals surface area (Å²) in [5, 5.41) is 3.00. The fourth-order valence-electron chi connectivity index (χ4n) is 3.74. The lowest BCUT2D eigenvalue weighted by atomic mass is 10.2. The van der Waals surface area contributed by atoms with Crippen LogP contribution in [0.1, 0.15) is 48.6 Å². The van der Waals surface area contributed by atoms with Crippen molar-refractivity contribution in [1.82, 2.24) is 4.57 Å². The quantitative estimate of drug-likeness (QED) is 0.509. The van der Waals surface area contributed by atoms with Gasteiger partial charge in [0, 0.05) is 18.7 Å². The number of fused-ring (bicyclic) bond motifs is 1. The molecule has 0 aliphatic heterocycles. The maximum Gasteiger partial charge on any atom is 0.338 e. The molecule has 3 aromatic rings. The van der Waals surface area contributed by atoms with Crippen LogP contribution >= 0.6 is 0 Å². The van der Waals surface area contributed by atoms with Crippen LogP contribution in [0, 0.1) is 13.8 Å². The summed E-state index contributed by atoms with van der Waals surface area (Å²) in [6, 6.07) is 12.8. The largest absolute Gasteiger partial charge is 0.462 e. The van der Waals surface area contributed by atoms with Crippen molar-refractivity contribution in [3.63, 3.8) is 0 Å². The second-order valence-corrected chi connectivity index (χ2v) is 7.12. The molecule has 1 aromatic heterocycles. The number of nitrogens with zero attached hydrogens (tertiary/aromatic N) is 2. The van der Waals surface area contributed by atoms with Gasteiger partial charge in [-0.2, -0.15) is 0 Å². The Morgan fingerprint density at radius 1 is 1.14 bits per heavy atom. The molecule has 0 aliphatic rings. The standard InChI is InChI=1S/C23H27N3O3/c1-6-25-17(5)26(16(4)22(27)24-19-10-8-9-15(3)13-19)21-14-18(11-12-20(21)25)23(28)29-7-2/h8-14,16H,6-7H2,1-5H3/p+1/t16-/m1/s1. The van der Waals surface area contributed by atoms with Crippen LogP contribution in [0.4, 0.5) is 5.69 Å². The molecule has 0 spiro atoms. The Labute approximate surface area is 171 Å². The summed E-state index contributed by atoms with van der Waals surface area (Å²) < 4.78 is 9.26. The number of imidazole rings is 1. The third-order valence-electron chi connectivity index (χ3n) is 5.14. The highest BCUT2D eigenvalue weighted by Crippen LogP contribution is 2.23. The molecule has 0 saturated heterocycles. The van der Waals surface area contributed by atoms with Crippen LogP contribution in [0.5, 0.6) is 0 Å². The van der Waals surface area contributed by atoms with Gasteiger partial charge < -0.3 is 10.1 Å². The molecule has 0 bridgehead atoms. The second-order valence-electron chi connectivity index (χ2n) is 7.12. The Balaban J connectivity index is 2.04. The molecule has 152 valence electrons. The van der Waals surface area contributed by atoms with E-state index in [-0.39, 0.29) is 11.9 Å². The third-order valence-corrected chi connectivity index (χ3v) is 5.14. The summed E-state index contributed by atoms with van der Waals surface area (Å²) in [5.41, 5.74) is 4.15. The first-order chi connectivity index (χ1) is 13.9. The van der Waals surface area contributed by atoms with E-state index in [0.717, 1.165) is 34.7 Å². The highest BCUT2D eigenvalue weighted by molar-refractivity contribution is 5.96. The minimum Gasteiger partial charge on any atom is -0.462 e. The number of esters is 1. The van der Waals surface area contributed by atoms with E-state index in [1.165, 1.54) is 0 Å². The zero-order valence-corrected chi connectivity index (χ0v) is 17.7. The second kappa shape index (κ2) is 8.47. The van der Waals surface area contributed by atoms with Crippen molar-refractivity contribution in [1.29, 1.82) is 0 Å². The number of ether oxygens (including phenoxy) is 1. The Bertz CT molecular complexity index is 1070. The molecule has 2 aromatic carbocycles. The van der Waals surface area contributed by atoms with Crippen LogP contribution in [0.3, 0.4) is 0 Å². The van der Waals surface area contributed by atoms with Crippen molar-refractivity contribution in [2.75, 3.05) is 11.9 Å². The topological polar surface area (TPSA) is 64.2 Å². The molecule has 1 atom stereocenters. The van der Waals surface area contributed by atoms with Crippen LogP contribution in [0.2, 0.25) is 0 Å². The van der Waals surface area contributed by atoms with Crippen molar-refractivity contribution in [3.05, 3.63) is 59.4 Å². The van der Waals surface area contributed by atoms with E-state index >= 15 is 0 Å². The van der Waals surface area contributed by atoms with E-state index in [1.54, 1.807) is 13.0 Å². The maximum absolute atomic E-state index is 13.0. The first-order valence-corrected chi connectivity index (χ1v) is 9.96. The van der Waals surface area contributed by atoms with Crippen molar-refractivity contribution < 1.29 is 18.9 Å². The zero-order valence-electron chi connectivity index (χ0n) is 17.7. The smallest absolute Gasteiger partial charge is 0.338 e. The molecule has 0 aliphatic carbocycles. The lowest BCUT2D eigenvalue weighted by Gasteiger charge is -2.12. The van der Waals surface area contributed by atoms with Gasteiger partial charge in [0.05, 0.1) is 18.7 Å². The molecule has 0 fully saturated rings. The van der Waals surface area contributed by atoms with Gasteiger partial charge in [-0.25, -0.2) is 13.9 Å². The van der Waals surface area contributed by atoms with Gasteiger partial charge in [0.1, 0.15) is 0 Å². The van der Waals surface area contributed by atoms with Crippen molar-refractivity contribution in [2.24, 2.45) is 0 Å². The number of benzene rings is 2. The maximum atomic E-state index is 13.0. The Kier molecular flexibility index (Phi) is 6.01. The van der Waals surface area contributed by atoms with E-state index < -0.39 is 6.04 Å². The third kappa shape index (κ3) is 4.01. The fraction of sp³-hybridized carbons (Fsp3) is 0.348. The van der Waals surface area contributed by atoms with Gasteiger partial charge in [-0.15, -0.1) is 0 Å². The van der Waals surface area contributed by atoms with Crippen LogP contribution in [0.15, 0.2) is 42.5 Å². The van der Waals surface area contributed by atoms with Crippen LogP contribution < -0.4 is 9.88 Å². The molecule has 0 radical (unpaired) electrons. The number of nitrogens with one attached hydrogen (secondary N) is 1. The SMILES string of the molecule is CCOC(=O)c1ccc2c(c1)n([C@H](C)C(=O)Nc1cccc(C)c1)c(C)[n+]2CC. The predicted molar refractivity (Wildman–Crippen MR) is 113 cm³/mol. The molecule has 0 saturated carbocycles. The summed E-state index contributed by atoms with van der Waals surface area (Å²) in [7, 11) is 0. The monoisotopic (exact) mass is 394 g/mol. The molecule has 1 heterocycles. The number of carbonyl (C=O) groups is 2. The van der Waals surface area contributed by atoms with Crippen molar-refractivity contribution in [3.8, 4) is 0 Å². The predicted octanol–water partition coefficient (Wildman–Crippen LogP) is 3.94. The van der Waals surface area contributed by atoms with E-state index in [9.17, 15) is 9.59 Å². The van der Waals surface area contributed by atoms with E-state index in [0.29, 0.717) is 12.2 Å². The van der Waals surface area contributed by atoms with Gasteiger partial charge in [0.2, 0.25) is 0 Å². The molecule has 6 heteroatoms. The molecular formula is C23H28N3O3+. The van der Waals surface area contributed by atoms with Gasteiger partial charge in [0.15, 0.2) is 17.1 Å². The number of carbonyl (C=O) groups excluding carboxylic acids is 2. The first-order valence-electron chi connectivity index (χ1n) is 9.96. The summed E-state index contributed by atoms with van der Waals surface area (Å²) in [6.07, 6.45) is 0. The number of amides is 1. The van der Waals surface area contributed by atoms with Gasteiger partial charge in [-0.05, 0) is 57.5 Å². The molecule has 1 N–H and O–H groups in total.